The van der Waals surface area contributed by atoms with Crippen LogP contribution in [-0.4, -0.2) is 54.5 Å². The zero-order valence-corrected chi connectivity index (χ0v) is 12.7. The highest BCUT2D eigenvalue weighted by Gasteiger charge is 2.21. The van der Waals surface area contributed by atoms with Crippen molar-refractivity contribution in [2.45, 2.75) is 58.4 Å². The summed E-state index contributed by atoms with van der Waals surface area (Å²) in [5.74, 6) is 0.288. The first-order chi connectivity index (χ1) is 9.17. The maximum Gasteiger partial charge on any atom is 0.236 e. The molecule has 1 aliphatic rings. The Hall–Kier alpha value is -0.610. The van der Waals surface area contributed by atoms with E-state index < -0.39 is 0 Å². The fourth-order valence-electron chi connectivity index (χ4n) is 2.59. The molecule has 1 amide bonds. The third-order valence-electron chi connectivity index (χ3n) is 3.82. The number of unbranched alkanes of at least 4 members (excludes halogenated alkanes) is 2. The van der Waals surface area contributed by atoms with Crippen molar-refractivity contribution in [1.29, 1.82) is 0 Å². The van der Waals surface area contributed by atoms with Crippen LogP contribution in [0, 0.1) is 0 Å². The van der Waals surface area contributed by atoms with E-state index in [1.54, 1.807) is 0 Å². The molecule has 0 spiro atoms. The maximum absolute atomic E-state index is 12.4. The summed E-state index contributed by atoms with van der Waals surface area (Å²) in [6.45, 7) is 8.62. The van der Waals surface area contributed by atoms with Crippen LogP contribution in [0.5, 0.6) is 0 Å². The van der Waals surface area contributed by atoms with Crippen LogP contribution in [0.2, 0.25) is 0 Å². The summed E-state index contributed by atoms with van der Waals surface area (Å²) in [6, 6.07) is 0.251. The Labute approximate surface area is 118 Å². The molecule has 0 aromatic rings. The number of carbonyl (C=O) groups excluding carboxylic acids is 1. The minimum atomic E-state index is 0.251. The van der Waals surface area contributed by atoms with Gasteiger partial charge in [0.25, 0.3) is 0 Å². The molecule has 1 aliphatic heterocycles. The Bertz CT molecular complexity index is 250. The van der Waals surface area contributed by atoms with Gasteiger partial charge in [0.05, 0.1) is 6.54 Å². The van der Waals surface area contributed by atoms with Crippen LogP contribution in [0.1, 0.15) is 52.4 Å². The van der Waals surface area contributed by atoms with E-state index in [-0.39, 0.29) is 11.9 Å². The van der Waals surface area contributed by atoms with Crippen LogP contribution in [-0.2, 0) is 4.79 Å². The number of hydrogen-bond donors (Lipinski definition) is 1. The number of carbonyl (C=O) groups is 1. The summed E-state index contributed by atoms with van der Waals surface area (Å²) in [5.41, 5.74) is 5.97. The van der Waals surface area contributed by atoms with Gasteiger partial charge in [-0.1, -0.05) is 26.7 Å². The van der Waals surface area contributed by atoms with E-state index in [2.05, 4.69) is 18.7 Å². The maximum atomic E-state index is 12.4. The number of likely N-dealkylation sites (tertiary alicyclic amines) is 1. The van der Waals surface area contributed by atoms with Crippen molar-refractivity contribution in [3.8, 4) is 0 Å². The van der Waals surface area contributed by atoms with Crippen molar-refractivity contribution < 1.29 is 4.79 Å². The highest BCUT2D eigenvalue weighted by Crippen LogP contribution is 2.09. The van der Waals surface area contributed by atoms with Crippen LogP contribution in [0.3, 0.4) is 0 Å². The van der Waals surface area contributed by atoms with Gasteiger partial charge in [-0.15, -0.1) is 0 Å². The third kappa shape index (κ3) is 6.39. The summed E-state index contributed by atoms with van der Waals surface area (Å²) in [4.78, 5) is 16.6. The SMILES string of the molecule is CCCCN(CCCC)C(=O)CN1CCCC(N)C1. The molecule has 0 saturated carbocycles. The van der Waals surface area contributed by atoms with Gasteiger partial charge in [0.1, 0.15) is 0 Å². The van der Waals surface area contributed by atoms with Gasteiger partial charge in [-0.3, -0.25) is 9.69 Å². The van der Waals surface area contributed by atoms with Crippen LogP contribution in [0.15, 0.2) is 0 Å². The molecule has 0 aromatic heterocycles. The molecule has 0 radical (unpaired) electrons. The smallest absolute Gasteiger partial charge is 0.236 e. The zero-order chi connectivity index (χ0) is 14.1. The fraction of sp³-hybridized carbons (Fsp3) is 0.933. The van der Waals surface area contributed by atoms with Crippen LogP contribution < -0.4 is 5.73 Å². The summed E-state index contributed by atoms with van der Waals surface area (Å²) < 4.78 is 0. The van der Waals surface area contributed by atoms with Crippen molar-refractivity contribution in [2.75, 3.05) is 32.7 Å². The van der Waals surface area contributed by atoms with E-state index >= 15 is 0 Å². The van der Waals surface area contributed by atoms with Gasteiger partial charge in [0, 0.05) is 25.7 Å². The molecule has 0 aliphatic carbocycles. The highest BCUT2D eigenvalue weighted by atomic mass is 16.2. The molecule has 1 heterocycles. The highest BCUT2D eigenvalue weighted by molar-refractivity contribution is 5.78. The second-order valence-corrected chi connectivity index (χ2v) is 5.73. The van der Waals surface area contributed by atoms with Gasteiger partial charge in [-0.2, -0.15) is 0 Å². The second kappa shape index (κ2) is 9.32. The van der Waals surface area contributed by atoms with Gasteiger partial charge < -0.3 is 10.6 Å². The number of hydrogen-bond acceptors (Lipinski definition) is 3. The lowest BCUT2D eigenvalue weighted by atomic mass is 10.1. The minimum absolute atomic E-state index is 0.251. The quantitative estimate of drug-likeness (QED) is 0.731. The van der Waals surface area contributed by atoms with Crippen LogP contribution >= 0.6 is 0 Å². The molecule has 4 nitrogen and oxygen atoms in total. The van der Waals surface area contributed by atoms with Crippen molar-refractivity contribution in [2.24, 2.45) is 5.73 Å². The van der Waals surface area contributed by atoms with E-state index in [1.807, 2.05) is 4.90 Å². The van der Waals surface area contributed by atoms with Gasteiger partial charge in [0.2, 0.25) is 5.91 Å². The van der Waals surface area contributed by atoms with Gasteiger partial charge in [0.15, 0.2) is 0 Å². The Balaban J connectivity index is 2.40. The van der Waals surface area contributed by atoms with Crippen molar-refractivity contribution in [1.82, 2.24) is 9.80 Å². The topological polar surface area (TPSA) is 49.6 Å². The number of rotatable bonds is 8. The molecule has 19 heavy (non-hydrogen) atoms. The molecule has 1 saturated heterocycles. The van der Waals surface area contributed by atoms with Gasteiger partial charge in [-0.05, 0) is 32.2 Å². The van der Waals surface area contributed by atoms with Crippen LogP contribution in [0.4, 0.5) is 0 Å². The largest absolute Gasteiger partial charge is 0.342 e. The van der Waals surface area contributed by atoms with Crippen LogP contribution in [0.25, 0.3) is 0 Å². The Morgan fingerprint density at radius 2 is 1.89 bits per heavy atom. The molecule has 1 atom stereocenters. The molecular weight excluding hydrogens is 238 g/mol. The van der Waals surface area contributed by atoms with E-state index in [9.17, 15) is 4.79 Å². The van der Waals surface area contributed by atoms with Crippen molar-refractivity contribution in [3.63, 3.8) is 0 Å². The lowest BCUT2D eigenvalue weighted by molar-refractivity contribution is -0.132. The number of amides is 1. The lowest BCUT2D eigenvalue weighted by Gasteiger charge is -2.32. The fourth-order valence-corrected chi connectivity index (χ4v) is 2.59. The summed E-state index contributed by atoms with van der Waals surface area (Å²) in [7, 11) is 0. The Kier molecular flexibility index (Phi) is 8.07. The molecule has 112 valence electrons. The summed E-state index contributed by atoms with van der Waals surface area (Å²) in [5, 5.41) is 0. The van der Waals surface area contributed by atoms with Crippen molar-refractivity contribution >= 4 is 5.91 Å². The normalized spacial score (nSPS) is 20.5. The first-order valence-electron chi connectivity index (χ1n) is 7.93. The molecule has 0 aromatic carbocycles. The standard InChI is InChI=1S/C15H31N3O/c1-3-5-10-18(11-6-4-2)15(19)13-17-9-7-8-14(16)12-17/h14H,3-13,16H2,1-2H3. The van der Waals surface area contributed by atoms with Crippen molar-refractivity contribution in [3.05, 3.63) is 0 Å². The molecule has 2 N–H and O–H groups in total. The monoisotopic (exact) mass is 269 g/mol. The van der Waals surface area contributed by atoms with Gasteiger partial charge in [-0.25, -0.2) is 0 Å². The lowest BCUT2D eigenvalue weighted by Crippen LogP contribution is -2.48. The number of piperidine rings is 1. The molecule has 1 unspecified atom stereocenters. The van der Waals surface area contributed by atoms with E-state index in [0.29, 0.717) is 6.54 Å². The van der Waals surface area contributed by atoms with E-state index in [0.717, 1.165) is 64.7 Å². The zero-order valence-electron chi connectivity index (χ0n) is 12.7. The first-order valence-corrected chi connectivity index (χ1v) is 7.93. The summed E-state index contributed by atoms with van der Waals surface area (Å²) in [6.07, 6.45) is 6.72. The average molecular weight is 269 g/mol. The molecular formula is C15H31N3O. The van der Waals surface area contributed by atoms with E-state index in [4.69, 9.17) is 5.73 Å². The minimum Gasteiger partial charge on any atom is -0.342 e. The Morgan fingerprint density at radius 3 is 2.42 bits per heavy atom. The molecule has 4 heteroatoms. The van der Waals surface area contributed by atoms with Gasteiger partial charge >= 0.3 is 0 Å². The predicted octanol–water partition coefficient (Wildman–Crippen LogP) is 1.84. The predicted molar refractivity (Wildman–Crippen MR) is 80.0 cm³/mol. The number of nitrogens with zero attached hydrogens (tertiary/aromatic N) is 2. The third-order valence-corrected chi connectivity index (χ3v) is 3.82. The average Bonchev–Trinajstić information content (AvgIpc) is 2.38. The Morgan fingerprint density at radius 1 is 1.26 bits per heavy atom. The van der Waals surface area contributed by atoms with E-state index in [1.165, 1.54) is 0 Å². The second-order valence-electron chi connectivity index (χ2n) is 5.73. The molecule has 0 bridgehead atoms. The molecule has 1 fully saturated rings. The summed E-state index contributed by atoms with van der Waals surface area (Å²) >= 11 is 0. The first kappa shape index (κ1) is 16.4. The molecule has 1 rings (SSSR count). The number of nitrogens with two attached hydrogens (primary N) is 1.